The van der Waals surface area contributed by atoms with Crippen LogP contribution < -0.4 is 5.32 Å². The number of nitriles is 1. The zero-order valence-electron chi connectivity index (χ0n) is 16.2. The number of aromatic nitrogens is 1. The minimum absolute atomic E-state index is 0.0663. The van der Waals surface area contributed by atoms with Crippen molar-refractivity contribution in [3.8, 4) is 6.07 Å². The van der Waals surface area contributed by atoms with E-state index in [9.17, 15) is 4.79 Å². The summed E-state index contributed by atoms with van der Waals surface area (Å²) in [6.45, 7) is 9.57. The van der Waals surface area contributed by atoms with Crippen molar-refractivity contribution < 1.29 is 4.79 Å². The Hall–Kier alpha value is -1.45. The molecular weight excluding hydrogens is 344 g/mol. The van der Waals surface area contributed by atoms with E-state index in [-0.39, 0.29) is 11.8 Å². The predicted octanol–water partition coefficient (Wildman–Crippen LogP) is 3.86. The summed E-state index contributed by atoms with van der Waals surface area (Å²) in [5.74, 6) is 0.872. The van der Waals surface area contributed by atoms with Gasteiger partial charge in [0.2, 0.25) is 5.91 Å². The van der Waals surface area contributed by atoms with E-state index in [1.165, 1.54) is 17.0 Å². The first-order chi connectivity index (χ1) is 12.4. The Morgan fingerprint density at radius 2 is 2.08 bits per heavy atom. The van der Waals surface area contributed by atoms with Crippen LogP contribution in [0.25, 0.3) is 0 Å². The van der Waals surface area contributed by atoms with Crippen molar-refractivity contribution in [2.45, 2.75) is 59.3 Å². The average molecular weight is 375 g/mol. The number of amides is 1. The summed E-state index contributed by atoms with van der Waals surface area (Å²) in [4.78, 5) is 20.9. The second-order valence-corrected chi connectivity index (χ2v) is 9.79. The Morgan fingerprint density at radius 3 is 2.73 bits per heavy atom. The third-order valence-corrected chi connectivity index (χ3v) is 6.93. The fourth-order valence-corrected chi connectivity index (χ4v) is 5.09. The van der Waals surface area contributed by atoms with Gasteiger partial charge in [0.05, 0.1) is 11.8 Å². The number of nitrogens with one attached hydrogen (secondary N) is 1. The van der Waals surface area contributed by atoms with E-state index in [0.29, 0.717) is 17.8 Å². The van der Waals surface area contributed by atoms with E-state index in [0.717, 1.165) is 50.4 Å². The zero-order chi connectivity index (χ0) is 18.7. The lowest BCUT2D eigenvalue weighted by Crippen LogP contribution is -2.38. The molecule has 1 unspecified atom stereocenters. The third-order valence-electron chi connectivity index (χ3n) is 5.89. The number of nitrogens with zero attached hydrogens (tertiary/aromatic N) is 3. The number of carbonyl (C=O) groups is 1. The highest BCUT2D eigenvalue weighted by Gasteiger charge is 2.31. The van der Waals surface area contributed by atoms with E-state index in [2.05, 4.69) is 37.1 Å². The number of rotatable bonds is 4. The molecule has 6 heteroatoms. The van der Waals surface area contributed by atoms with Crippen molar-refractivity contribution in [3.05, 3.63) is 10.6 Å². The lowest BCUT2D eigenvalue weighted by Gasteiger charge is -2.33. The quantitative estimate of drug-likeness (QED) is 0.869. The molecule has 1 saturated heterocycles. The molecule has 2 aliphatic rings. The highest BCUT2D eigenvalue weighted by molar-refractivity contribution is 7.15. The van der Waals surface area contributed by atoms with E-state index in [1.54, 1.807) is 11.3 Å². The summed E-state index contributed by atoms with van der Waals surface area (Å²) < 4.78 is 0. The zero-order valence-corrected chi connectivity index (χ0v) is 17.0. The molecule has 0 aromatic carbocycles. The van der Waals surface area contributed by atoms with Gasteiger partial charge in [-0.05, 0) is 56.5 Å². The second kappa shape index (κ2) is 8.06. The molecule has 1 aromatic rings. The first-order valence-electron chi connectivity index (χ1n) is 9.75. The summed E-state index contributed by atoms with van der Waals surface area (Å²) in [7, 11) is 0. The lowest BCUT2D eigenvalue weighted by atomic mass is 9.73. The van der Waals surface area contributed by atoms with E-state index in [4.69, 9.17) is 10.2 Å². The van der Waals surface area contributed by atoms with Gasteiger partial charge in [-0.15, -0.1) is 11.3 Å². The molecule has 1 fully saturated rings. The molecule has 1 amide bonds. The van der Waals surface area contributed by atoms with Gasteiger partial charge in [-0.25, -0.2) is 4.98 Å². The Labute approximate surface area is 160 Å². The van der Waals surface area contributed by atoms with Gasteiger partial charge in [0.15, 0.2) is 5.13 Å². The van der Waals surface area contributed by atoms with Gasteiger partial charge in [-0.1, -0.05) is 20.8 Å². The summed E-state index contributed by atoms with van der Waals surface area (Å²) in [6, 6.07) is 2.19. The van der Waals surface area contributed by atoms with Gasteiger partial charge in [0.25, 0.3) is 0 Å². The van der Waals surface area contributed by atoms with E-state index >= 15 is 0 Å². The molecule has 1 atom stereocenters. The number of carbonyl (C=O) groups excluding carboxylic acids is 1. The van der Waals surface area contributed by atoms with Crippen LogP contribution in [0.1, 0.15) is 57.0 Å². The number of fused-ring (bicyclic) bond motifs is 1. The van der Waals surface area contributed by atoms with Crippen LogP contribution in [0.5, 0.6) is 0 Å². The summed E-state index contributed by atoms with van der Waals surface area (Å²) in [6.07, 6.45) is 5.61. The minimum Gasteiger partial charge on any atom is -0.302 e. The molecule has 1 aromatic heterocycles. The van der Waals surface area contributed by atoms with Crippen LogP contribution in [0.4, 0.5) is 5.13 Å². The van der Waals surface area contributed by atoms with Crippen LogP contribution in [0, 0.1) is 28.6 Å². The van der Waals surface area contributed by atoms with Crippen molar-refractivity contribution in [2.24, 2.45) is 17.3 Å². The molecule has 0 spiro atoms. The lowest BCUT2D eigenvalue weighted by molar-refractivity contribution is -0.121. The molecule has 1 N–H and O–H groups in total. The van der Waals surface area contributed by atoms with Crippen LogP contribution in [-0.2, 0) is 17.6 Å². The largest absolute Gasteiger partial charge is 0.302 e. The third kappa shape index (κ3) is 4.63. The van der Waals surface area contributed by atoms with Gasteiger partial charge < -0.3 is 10.2 Å². The van der Waals surface area contributed by atoms with E-state index in [1.807, 2.05) is 0 Å². The van der Waals surface area contributed by atoms with Crippen molar-refractivity contribution in [3.63, 3.8) is 0 Å². The maximum atomic E-state index is 12.6. The van der Waals surface area contributed by atoms with Crippen LogP contribution in [0.2, 0.25) is 0 Å². The first-order valence-corrected chi connectivity index (χ1v) is 10.6. The molecule has 0 saturated carbocycles. The molecule has 5 nitrogen and oxygen atoms in total. The van der Waals surface area contributed by atoms with Gasteiger partial charge in [-0.3, -0.25) is 4.79 Å². The molecule has 2 heterocycles. The smallest absolute Gasteiger partial charge is 0.229 e. The normalized spacial score (nSPS) is 21.8. The molecule has 0 radical (unpaired) electrons. The van der Waals surface area contributed by atoms with Crippen LogP contribution in [-0.4, -0.2) is 35.4 Å². The van der Waals surface area contributed by atoms with Crippen molar-refractivity contribution >= 4 is 22.4 Å². The summed E-state index contributed by atoms with van der Waals surface area (Å²) in [5, 5.41) is 12.5. The topological polar surface area (TPSA) is 69.0 Å². The molecule has 142 valence electrons. The average Bonchev–Trinajstić information content (AvgIpc) is 3.01. The molecule has 1 aliphatic carbocycles. The molecule has 26 heavy (non-hydrogen) atoms. The number of hydrogen-bond donors (Lipinski definition) is 1. The van der Waals surface area contributed by atoms with Crippen molar-refractivity contribution in [1.29, 1.82) is 5.26 Å². The highest BCUT2D eigenvalue weighted by atomic mass is 32.1. The SMILES string of the molecule is CC(C)(C)C1CCc2nc(NC(=O)C3CCN(CCC#N)CC3)sc2C1. The van der Waals surface area contributed by atoms with Crippen LogP contribution in [0.15, 0.2) is 0 Å². The minimum atomic E-state index is 0.0663. The predicted molar refractivity (Wildman–Crippen MR) is 105 cm³/mol. The number of piperidine rings is 1. The maximum Gasteiger partial charge on any atom is 0.229 e. The number of aryl methyl sites for hydroxylation is 1. The molecular formula is C20H30N4OS. The number of hydrogen-bond acceptors (Lipinski definition) is 5. The number of anilines is 1. The van der Waals surface area contributed by atoms with Gasteiger partial charge in [0.1, 0.15) is 0 Å². The summed E-state index contributed by atoms with van der Waals surface area (Å²) >= 11 is 1.67. The monoisotopic (exact) mass is 374 g/mol. The number of thiazole rings is 1. The maximum absolute atomic E-state index is 12.6. The fraction of sp³-hybridized carbons (Fsp3) is 0.750. The van der Waals surface area contributed by atoms with Crippen molar-refractivity contribution in [2.75, 3.05) is 25.0 Å². The Kier molecular flexibility index (Phi) is 5.99. The second-order valence-electron chi connectivity index (χ2n) is 8.71. The summed E-state index contributed by atoms with van der Waals surface area (Å²) in [5.41, 5.74) is 1.52. The van der Waals surface area contributed by atoms with Gasteiger partial charge in [-0.2, -0.15) is 5.26 Å². The molecule has 1 aliphatic heterocycles. The fourth-order valence-electron chi connectivity index (χ4n) is 4.00. The molecule has 3 rings (SSSR count). The Morgan fingerprint density at radius 1 is 1.35 bits per heavy atom. The standard InChI is InChI=1S/C20H30N4OS/c1-20(2,3)15-5-6-16-17(13-15)26-19(22-16)23-18(25)14-7-11-24(12-8-14)10-4-9-21/h14-15H,4-8,10-13H2,1-3H3,(H,22,23,25). The van der Waals surface area contributed by atoms with Crippen LogP contribution >= 0.6 is 11.3 Å². The van der Waals surface area contributed by atoms with Gasteiger partial charge in [0, 0.05) is 23.8 Å². The highest BCUT2D eigenvalue weighted by Crippen LogP contribution is 2.40. The number of likely N-dealkylation sites (tertiary alicyclic amines) is 1. The van der Waals surface area contributed by atoms with Crippen molar-refractivity contribution in [1.82, 2.24) is 9.88 Å². The first kappa shape index (κ1) is 19.3. The Bertz CT molecular complexity index is 677. The van der Waals surface area contributed by atoms with E-state index < -0.39 is 0 Å². The van der Waals surface area contributed by atoms with Crippen LogP contribution in [0.3, 0.4) is 0 Å². The van der Waals surface area contributed by atoms with Gasteiger partial charge >= 0.3 is 0 Å². The molecule has 0 bridgehead atoms. The Balaban J connectivity index is 1.54.